The number of benzene rings is 1. The van der Waals surface area contributed by atoms with Crippen molar-refractivity contribution in [3.05, 3.63) is 86.3 Å². The SMILES string of the molecule is O=C(Cn1c2c(c(=O)n3nc(C4=CCOCC4)nc13)CC1(CC2)CCN(C(=O)c2ncccc2O)CC1)Nc1ccc(C(F)(F)F)cc1Cl. The number of pyridine rings is 1. The number of carbonyl (C=O) groups is 2. The molecule has 3 aromatic heterocycles. The number of fused-ring (bicyclic) bond motifs is 2. The predicted octanol–water partition coefficient (Wildman–Crippen LogP) is 4.52. The van der Waals surface area contributed by atoms with E-state index in [0.29, 0.717) is 81.9 Å². The van der Waals surface area contributed by atoms with Crippen molar-refractivity contribution in [2.24, 2.45) is 5.41 Å². The van der Waals surface area contributed by atoms with Gasteiger partial charge in [-0.2, -0.15) is 22.7 Å². The lowest BCUT2D eigenvalue weighted by Gasteiger charge is -2.44. The molecule has 2 amide bonds. The molecule has 5 heterocycles. The predicted molar refractivity (Wildman–Crippen MR) is 171 cm³/mol. The second kappa shape index (κ2) is 12.6. The number of halogens is 4. The highest BCUT2D eigenvalue weighted by molar-refractivity contribution is 6.33. The molecule has 0 bridgehead atoms. The van der Waals surface area contributed by atoms with Crippen molar-refractivity contribution in [3.8, 4) is 5.75 Å². The van der Waals surface area contributed by atoms with E-state index in [2.05, 4.69) is 20.4 Å². The van der Waals surface area contributed by atoms with Crippen molar-refractivity contribution in [1.29, 1.82) is 0 Å². The molecule has 0 unspecified atom stereocenters. The van der Waals surface area contributed by atoms with Gasteiger partial charge >= 0.3 is 6.18 Å². The van der Waals surface area contributed by atoms with Gasteiger partial charge in [0.15, 0.2) is 11.5 Å². The lowest BCUT2D eigenvalue weighted by Crippen LogP contribution is -2.47. The Labute approximate surface area is 282 Å². The highest BCUT2D eigenvalue weighted by atomic mass is 35.5. The van der Waals surface area contributed by atoms with Gasteiger partial charge in [-0.1, -0.05) is 17.7 Å². The number of anilines is 1. The number of alkyl halides is 3. The standard InChI is InChI=1S/C33H31ClF3N7O5/c34-22-16-20(33(35,36)37)3-4-23(22)39-26(46)18-43-24-5-8-32(9-12-42(13-10-32)30(48)27-25(45)2-1-11-38-27)17-21(24)29(47)44-31(43)40-28(41-44)19-6-14-49-15-7-19/h1-4,6,11,16,45H,5,7-10,12-15,17-18H2,(H,39,46). The number of aromatic hydroxyl groups is 1. The van der Waals surface area contributed by atoms with Crippen LogP contribution in [0.4, 0.5) is 18.9 Å². The summed E-state index contributed by atoms with van der Waals surface area (Å²) in [6, 6.07) is 5.65. The Morgan fingerprint density at radius 2 is 1.92 bits per heavy atom. The molecule has 3 aliphatic rings. The molecule has 1 fully saturated rings. The zero-order chi connectivity index (χ0) is 34.5. The molecule has 1 aliphatic carbocycles. The monoisotopic (exact) mass is 697 g/mol. The topological polar surface area (TPSA) is 144 Å². The second-order valence-corrected chi connectivity index (χ2v) is 13.0. The van der Waals surface area contributed by atoms with Gasteiger partial charge in [-0.15, -0.1) is 5.10 Å². The van der Waals surface area contributed by atoms with Crippen molar-refractivity contribution >= 4 is 40.5 Å². The number of rotatable bonds is 5. The van der Waals surface area contributed by atoms with Gasteiger partial charge in [0.05, 0.1) is 29.5 Å². The summed E-state index contributed by atoms with van der Waals surface area (Å²) in [5, 5.41) is 17.0. The van der Waals surface area contributed by atoms with Crippen LogP contribution in [-0.2, 0) is 35.1 Å². The van der Waals surface area contributed by atoms with Crippen LogP contribution in [0.15, 0.2) is 47.4 Å². The first-order valence-electron chi connectivity index (χ1n) is 15.8. The molecule has 49 heavy (non-hydrogen) atoms. The molecule has 0 saturated carbocycles. The summed E-state index contributed by atoms with van der Waals surface area (Å²) in [7, 11) is 0. The fourth-order valence-corrected chi connectivity index (χ4v) is 7.17. The van der Waals surface area contributed by atoms with Crippen LogP contribution in [0, 0.1) is 5.41 Å². The molecule has 2 aliphatic heterocycles. The van der Waals surface area contributed by atoms with Crippen molar-refractivity contribution in [1.82, 2.24) is 29.0 Å². The number of hydrogen-bond donors (Lipinski definition) is 2. The van der Waals surface area contributed by atoms with Gasteiger partial charge in [-0.3, -0.25) is 14.4 Å². The number of nitrogens with zero attached hydrogens (tertiary/aromatic N) is 6. The fourth-order valence-electron chi connectivity index (χ4n) is 6.94. The molecule has 7 rings (SSSR count). The number of amides is 2. The molecule has 1 aromatic carbocycles. The quantitative estimate of drug-likeness (QED) is 0.310. The Kier molecular flexibility index (Phi) is 8.43. The van der Waals surface area contributed by atoms with Gasteiger partial charge in [-0.25, -0.2) is 4.98 Å². The van der Waals surface area contributed by atoms with Gasteiger partial charge in [0.2, 0.25) is 11.7 Å². The van der Waals surface area contributed by atoms with Crippen LogP contribution in [0.2, 0.25) is 5.02 Å². The Morgan fingerprint density at radius 3 is 2.61 bits per heavy atom. The fraction of sp³-hybridized carbons (Fsp3) is 0.394. The molecule has 1 saturated heterocycles. The number of nitrogens with one attached hydrogen (secondary N) is 1. The Bertz CT molecular complexity index is 2070. The van der Waals surface area contributed by atoms with Crippen LogP contribution in [-0.4, -0.2) is 72.3 Å². The van der Waals surface area contributed by atoms with E-state index in [4.69, 9.17) is 16.3 Å². The van der Waals surface area contributed by atoms with E-state index < -0.39 is 17.6 Å². The average Bonchev–Trinajstić information content (AvgIpc) is 3.54. The molecule has 2 N–H and O–H groups in total. The van der Waals surface area contributed by atoms with Crippen LogP contribution >= 0.6 is 11.6 Å². The largest absolute Gasteiger partial charge is 0.505 e. The number of piperidine rings is 1. The summed E-state index contributed by atoms with van der Waals surface area (Å²) in [5.41, 5.74) is 0.386. The minimum atomic E-state index is -4.59. The highest BCUT2D eigenvalue weighted by Crippen LogP contribution is 2.43. The summed E-state index contributed by atoms with van der Waals surface area (Å²) in [6.45, 7) is 1.39. The second-order valence-electron chi connectivity index (χ2n) is 12.6. The number of aromatic nitrogens is 5. The van der Waals surface area contributed by atoms with Crippen LogP contribution in [0.1, 0.15) is 58.8 Å². The molecule has 16 heteroatoms. The third-order valence-electron chi connectivity index (χ3n) is 9.62. The zero-order valence-electron chi connectivity index (χ0n) is 26.1. The van der Waals surface area contributed by atoms with Crippen molar-refractivity contribution in [2.75, 3.05) is 31.6 Å². The van der Waals surface area contributed by atoms with Gasteiger partial charge in [0, 0.05) is 30.5 Å². The summed E-state index contributed by atoms with van der Waals surface area (Å²) in [6.07, 6.45) is 2.01. The van der Waals surface area contributed by atoms with Gasteiger partial charge in [0.25, 0.3) is 11.5 Å². The minimum absolute atomic E-state index is 0.00444. The van der Waals surface area contributed by atoms with E-state index in [-0.39, 0.29) is 51.4 Å². The lowest BCUT2D eigenvalue weighted by atomic mass is 9.67. The Balaban J connectivity index is 1.19. The summed E-state index contributed by atoms with van der Waals surface area (Å²) in [5.74, 6) is -0.593. The van der Waals surface area contributed by atoms with Crippen LogP contribution < -0.4 is 10.9 Å². The zero-order valence-corrected chi connectivity index (χ0v) is 26.9. The van der Waals surface area contributed by atoms with E-state index >= 15 is 0 Å². The number of ether oxygens (including phenoxy) is 1. The maximum Gasteiger partial charge on any atom is 0.416 e. The summed E-state index contributed by atoms with van der Waals surface area (Å²) < 4.78 is 47.8. The molecule has 12 nitrogen and oxygen atoms in total. The van der Waals surface area contributed by atoms with E-state index in [9.17, 15) is 32.7 Å². The van der Waals surface area contributed by atoms with Crippen LogP contribution in [0.3, 0.4) is 0 Å². The Morgan fingerprint density at radius 1 is 1.12 bits per heavy atom. The highest BCUT2D eigenvalue weighted by Gasteiger charge is 2.42. The average molecular weight is 698 g/mol. The Hall–Kier alpha value is -4.76. The van der Waals surface area contributed by atoms with Gasteiger partial charge in [-0.05, 0) is 79.8 Å². The van der Waals surface area contributed by atoms with Crippen LogP contribution in [0.5, 0.6) is 5.75 Å². The van der Waals surface area contributed by atoms with E-state index in [0.717, 1.165) is 23.8 Å². The van der Waals surface area contributed by atoms with Gasteiger partial charge in [0.1, 0.15) is 12.3 Å². The molecule has 0 atom stereocenters. The third-order valence-corrected chi connectivity index (χ3v) is 9.94. The maximum atomic E-state index is 14.1. The molecular weight excluding hydrogens is 667 g/mol. The van der Waals surface area contributed by atoms with E-state index in [1.807, 2.05) is 6.08 Å². The smallest absolute Gasteiger partial charge is 0.416 e. The first kappa shape index (κ1) is 32.8. The first-order chi connectivity index (χ1) is 23.4. The summed E-state index contributed by atoms with van der Waals surface area (Å²) in [4.78, 5) is 51.0. The van der Waals surface area contributed by atoms with Crippen molar-refractivity contribution < 1.29 is 32.6 Å². The van der Waals surface area contributed by atoms with Crippen LogP contribution in [0.25, 0.3) is 11.4 Å². The molecule has 1 spiro atoms. The molecule has 256 valence electrons. The van der Waals surface area contributed by atoms with Crippen molar-refractivity contribution in [3.63, 3.8) is 0 Å². The van der Waals surface area contributed by atoms with E-state index in [1.54, 1.807) is 15.5 Å². The molecular formula is C33H31ClF3N7O5. The van der Waals surface area contributed by atoms with Crippen molar-refractivity contribution in [2.45, 2.75) is 51.2 Å². The normalized spacial score (nSPS) is 17.6. The third kappa shape index (κ3) is 6.28. The minimum Gasteiger partial charge on any atom is -0.505 e. The molecule has 4 aromatic rings. The lowest BCUT2D eigenvalue weighted by molar-refractivity contribution is -0.137. The first-order valence-corrected chi connectivity index (χ1v) is 16.2. The summed E-state index contributed by atoms with van der Waals surface area (Å²) >= 11 is 6.11. The van der Waals surface area contributed by atoms with E-state index in [1.165, 1.54) is 16.8 Å². The number of likely N-dealkylation sites (tertiary alicyclic amines) is 1. The number of carbonyl (C=O) groups excluding carboxylic acids is 2. The molecule has 0 radical (unpaired) electrons. The number of hydrogen-bond acceptors (Lipinski definition) is 8. The maximum absolute atomic E-state index is 14.1. The van der Waals surface area contributed by atoms with Gasteiger partial charge < -0.3 is 24.6 Å².